The van der Waals surface area contributed by atoms with Crippen molar-refractivity contribution in [3.63, 3.8) is 0 Å². The lowest BCUT2D eigenvalue weighted by molar-refractivity contribution is -0.120. The van der Waals surface area contributed by atoms with Crippen molar-refractivity contribution in [3.05, 3.63) is 51.3 Å². The topological polar surface area (TPSA) is 53.1 Å². The highest BCUT2D eigenvalue weighted by molar-refractivity contribution is 7.11. The van der Waals surface area contributed by atoms with Crippen molar-refractivity contribution in [2.24, 2.45) is 0 Å². The van der Waals surface area contributed by atoms with Crippen LogP contribution in [0.1, 0.15) is 4.88 Å². The molecule has 2 aliphatic heterocycles. The van der Waals surface area contributed by atoms with Gasteiger partial charge in [-0.25, -0.2) is 4.90 Å². The maximum absolute atomic E-state index is 13.5. The fourth-order valence-electron chi connectivity index (χ4n) is 3.54. The molecule has 0 atom stereocenters. The lowest BCUT2D eigenvalue weighted by Gasteiger charge is -2.34. The molecule has 0 bridgehead atoms. The van der Waals surface area contributed by atoms with E-state index in [1.165, 1.54) is 23.3 Å². The number of nitrogens with zero attached hydrogens (tertiary/aromatic N) is 3. The Morgan fingerprint density at radius 2 is 1.82 bits per heavy atom. The Bertz CT molecular complexity index is 950. The number of hydrogen-bond acceptors (Lipinski definition) is 6. The zero-order chi connectivity index (χ0) is 19.8. The van der Waals surface area contributed by atoms with Gasteiger partial charge in [0.2, 0.25) is 0 Å². The second-order valence-corrected chi connectivity index (χ2v) is 8.14. The maximum Gasteiger partial charge on any atom is 0.282 e. The summed E-state index contributed by atoms with van der Waals surface area (Å²) in [4.78, 5) is 33.1. The minimum Gasteiger partial charge on any atom is -0.495 e. The number of hydrogen-bond donors (Lipinski definition) is 0. The molecule has 0 spiro atoms. The first-order valence-corrected chi connectivity index (χ1v) is 10.2. The molecule has 1 aromatic heterocycles. The van der Waals surface area contributed by atoms with Crippen LogP contribution in [0.4, 0.5) is 5.69 Å². The minimum absolute atomic E-state index is 0.335. The van der Waals surface area contributed by atoms with Crippen LogP contribution in [0.2, 0.25) is 5.02 Å². The van der Waals surface area contributed by atoms with Crippen molar-refractivity contribution in [3.8, 4) is 5.75 Å². The predicted octanol–water partition coefficient (Wildman–Crippen LogP) is 2.94. The number of piperazine rings is 1. The summed E-state index contributed by atoms with van der Waals surface area (Å²) in [5.74, 6) is -0.253. The lowest BCUT2D eigenvalue weighted by Crippen LogP contribution is -2.46. The quantitative estimate of drug-likeness (QED) is 0.716. The van der Waals surface area contributed by atoms with Crippen molar-refractivity contribution in [1.82, 2.24) is 9.80 Å². The Kier molecular flexibility index (Phi) is 5.14. The number of methoxy groups -OCH3 is 1. The molecule has 1 saturated heterocycles. The van der Waals surface area contributed by atoms with E-state index < -0.39 is 0 Å². The van der Waals surface area contributed by atoms with Gasteiger partial charge in [-0.2, -0.15) is 0 Å². The van der Waals surface area contributed by atoms with Crippen LogP contribution >= 0.6 is 22.9 Å². The lowest BCUT2D eigenvalue weighted by atomic mass is 10.1. The Morgan fingerprint density at radius 1 is 1.07 bits per heavy atom. The maximum atomic E-state index is 13.5. The van der Waals surface area contributed by atoms with Gasteiger partial charge < -0.3 is 14.5 Å². The monoisotopic (exact) mass is 417 g/mol. The first-order valence-electron chi connectivity index (χ1n) is 8.95. The number of carbonyl (C=O) groups excluding carboxylic acids is 2. The smallest absolute Gasteiger partial charge is 0.282 e. The fourth-order valence-corrected chi connectivity index (χ4v) is 4.47. The highest BCUT2D eigenvalue weighted by Crippen LogP contribution is 2.40. The molecule has 1 fully saturated rings. The molecule has 3 heterocycles. The van der Waals surface area contributed by atoms with Crippen LogP contribution in [0.5, 0.6) is 5.75 Å². The Labute approximate surface area is 172 Å². The zero-order valence-corrected chi connectivity index (χ0v) is 17.2. The van der Waals surface area contributed by atoms with Crippen molar-refractivity contribution in [2.75, 3.05) is 45.2 Å². The summed E-state index contributed by atoms with van der Waals surface area (Å²) in [6.45, 7) is 3.06. The van der Waals surface area contributed by atoms with E-state index in [1.807, 2.05) is 22.4 Å². The Balaban J connectivity index is 1.82. The molecule has 6 nitrogen and oxygen atoms in total. The molecule has 0 aliphatic carbocycles. The molecule has 0 saturated carbocycles. The van der Waals surface area contributed by atoms with Crippen LogP contribution in [0.3, 0.4) is 0 Å². The molecule has 0 unspecified atom stereocenters. The van der Waals surface area contributed by atoms with Gasteiger partial charge in [0.25, 0.3) is 11.8 Å². The number of ether oxygens (including phenoxy) is 1. The van der Waals surface area contributed by atoms with Crippen LogP contribution in [-0.2, 0) is 9.59 Å². The van der Waals surface area contributed by atoms with E-state index >= 15 is 0 Å². The Morgan fingerprint density at radius 3 is 2.46 bits per heavy atom. The van der Waals surface area contributed by atoms with Crippen LogP contribution < -0.4 is 9.64 Å². The summed E-state index contributed by atoms with van der Waals surface area (Å²) in [7, 11) is 3.56. The van der Waals surface area contributed by atoms with Crippen LogP contribution in [0, 0.1) is 0 Å². The molecule has 2 amide bonds. The number of anilines is 1. The predicted molar refractivity (Wildman–Crippen MR) is 111 cm³/mol. The van der Waals surface area contributed by atoms with Gasteiger partial charge in [-0.1, -0.05) is 17.7 Å². The number of halogens is 1. The van der Waals surface area contributed by atoms with Gasteiger partial charge in [0.05, 0.1) is 18.4 Å². The van der Waals surface area contributed by atoms with E-state index in [0.29, 0.717) is 40.8 Å². The zero-order valence-electron chi connectivity index (χ0n) is 15.6. The average molecular weight is 418 g/mol. The van der Waals surface area contributed by atoms with Gasteiger partial charge in [0, 0.05) is 36.1 Å². The summed E-state index contributed by atoms with van der Waals surface area (Å²) >= 11 is 7.61. The molecule has 2 aromatic rings. The Hall–Kier alpha value is -2.35. The SMILES string of the molecule is COc1ccc(Cl)cc1N1C(=O)C(c2cccs2)=C(N2CCN(C)CC2)C1=O. The van der Waals surface area contributed by atoms with E-state index in [9.17, 15) is 9.59 Å². The van der Waals surface area contributed by atoms with Crippen molar-refractivity contribution in [2.45, 2.75) is 0 Å². The van der Waals surface area contributed by atoms with Gasteiger partial charge in [-0.15, -0.1) is 11.3 Å². The molecule has 0 N–H and O–H groups in total. The standard InChI is InChI=1S/C20H20ClN3O3S/c1-22-7-9-23(10-8-22)18-17(16-4-3-11-28-16)19(25)24(20(18)26)14-12-13(21)5-6-15(14)27-2/h3-6,11-12H,7-10H2,1-2H3. The van der Waals surface area contributed by atoms with Crippen molar-refractivity contribution in [1.29, 1.82) is 0 Å². The summed E-state index contributed by atoms with van der Waals surface area (Å²) < 4.78 is 5.39. The summed E-state index contributed by atoms with van der Waals surface area (Å²) in [5, 5.41) is 2.34. The number of likely N-dealkylation sites (N-methyl/N-ethyl adjacent to an activating group) is 1. The number of thiophene rings is 1. The fraction of sp³-hybridized carbons (Fsp3) is 0.300. The number of carbonyl (C=O) groups is 2. The van der Waals surface area contributed by atoms with Gasteiger partial charge in [-0.05, 0) is 36.7 Å². The van der Waals surface area contributed by atoms with E-state index in [1.54, 1.807) is 18.2 Å². The van der Waals surface area contributed by atoms with Crippen molar-refractivity contribution < 1.29 is 14.3 Å². The molecule has 0 radical (unpaired) electrons. The van der Waals surface area contributed by atoms with Crippen LogP contribution in [0.15, 0.2) is 41.4 Å². The number of amides is 2. The van der Waals surface area contributed by atoms with Gasteiger partial charge in [0.15, 0.2) is 0 Å². The molecule has 1 aromatic carbocycles. The molecule has 8 heteroatoms. The highest BCUT2D eigenvalue weighted by Gasteiger charge is 2.44. The third-order valence-corrected chi connectivity index (χ3v) is 6.15. The largest absolute Gasteiger partial charge is 0.495 e. The van der Waals surface area contributed by atoms with E-state index in [4.69, 9.17) is 16.3 Å². The highest BCUT2D eigenvalue weighted by atomic mass is 35.5. The number of rotatable bonds is 4. The van der Waals surface area contributed by atoms with Gasteiger partial charge >= 0.3 is 0 Å². The third kappa shape index (κ3) is 3.19. The first kappa shape index (κ1) is 19.0. The molecule has 146 valence electrons. The van der Waals surface area contributed by atoms with E-state index in [-0.39, 0.29) is 11.8 Å². The van der Waals surface area contributed by atoms with Crippen LogP contribution in [0.25, 0.3) is 5.57 Å². The summed E-state index contributed by atoms with van der Waals surface area (Å²) in [6, 6.07) is 8.69. The first-order chi connectivity index (χ1) is 13.5. The number of benzene rings is 1. The van der Waals surface area contributed by atoms with Gasteiger partial charge in [-0.3, -0.25) is 9.59 Å². The number of imide groups is 1. The second-order valence-electron chi connectivity index (χ2n) is 6.75. The molecule has 2 aliphatic rings. The van der Waals surface area contributed by atoms with Crippen molar-refractivity contribution >= 4 is 46.0 Å². The average Bonchev–Trinajstić information content (AvgIpc) is 3.29. The van der Waals surface area contributed by atoms with Crippen LogP contribution in [-0.4, -0.2) is 62.0 Å². The summed E-state index contributed by atoms with van der Waals surface area (Å²) in [5.41, 5.74) is 1.28. The van der Waals surface area contributed by atoms with E-state index in [2.05, 4.69) is 11.9 Å². The van der Waals surface area contributed by atoms with E-state index in [0.717, 1.165) is 18.0 Å². The minimum atomic E-state index is -0.345. The third-order valence-electron chi connectivity index (χ3n) is 5.03. The van der Waals surface area contributed by atoms with Gasteiger partial charge in [0.1, 0.15) is 11.4 Å². The second kappa shape index (κ2) is 7.58. The normalized spacial score (nSPS) is 18.4. The molecule has 4 rings (SSSR count). The molecular weight excluding hydrogens is 398 g/mol. The molecular formula is C20H20ClN3O3S. The summed E-state index contributed by atoms with van der Waals surface area (Å²) in [6.07, 6.45) is 0. The molecule has 28 heavy (non-hydrogen) atoms.